The van der Waals surface area contributed by atoms with E-state index in [0.29, 0.717) is 28.0 Å². The molecule has 0 saturated heterocycles. The van der Waals surface area contributed by atoms with Gasteiger partial charge in [0, 0.05) is 12.1 Å². The highest BCUT2D eigenvalue weighted by molar-refractivity contribution is 7.71. The Morgan fingerprint density at radius 2 is 1.85 bits per heavy atom. The van der Waals surface area contributed by atoms with Gasteiger partial charge in [0.1, 0.15) is 11.3 Å². The minimum atomic E-state index is -0.523. The molecule has 4 rings (SSSR count). The van der Waals surface area contributed by atoms with Crippen LogP contribution in [-0.2, 0) is 0 Å². The number of hydrogen-bond donors (Lipinski definition) is 2. The van der Waals surface area contributed by atoms with Gasteiger partial charge < -0.3 is 9.84 Å². The molecule has 0 amide bonds. The predicted molar refractivity (Wildman–Crippen MR) is 102 cm³/mol. The van der Waals surface area contributed by atoms with Crippen LogP contribution in [0.3, 0.4) is 0 Å². The largest absolute Gasteiger partial charge is 0.497 e. The van der Waals surface area contributed by atoms with E-state index in [1.165, 1.54) is 10.6 Å². The van der Waals surface area contributed by atoms with Crippen LogP contribution in [0.1, 0.15) is 5.56 Å². The molecular formula is C19H14N4O3S. The molecule has 0 bridgehead atoms. The lowest BCUT2D eigenvalue weighted by atomic mass is 10.2. The second-order valence-electron chi connectivity index (χ2n) is 5.75. The van der Waals surface area contributed by atoms with Crippen LogP contribution in [0.4, 0.5) is 0 Å². The van der Waals surface area contributed by atoms with Gasteiger partial charge in [-0.15, -0.1) is 0 Å². The summed E-state index contributed by atoms with van der Waals surface area (Å²) in [5.74, 6) is 0.619. The zero-order valence-corrected chi connectivity index (χ0v) is 15.0. The van der Waals surface area contributed by atoms with Gasteiger partial charge in [0.15, 0.2) is 10.6 Å². The molecule has 2 heterocycles. The van der Waals surface area contributed by atoms with Gasteiger partial charge in [-0.05, 0) is 36.5 Å². The van der Waals surface area contributed by atoms with E-state index in [9.17, 15) is 9.90 Å². The van der Waals surface area contributed by atoms with Gasteiger partial charge >= 0.3 is 0 Å². The molecule has 0 unspecified atom stereocenters. The van der Waals surface area contributed by atoms with Crippen molar-refractivity contribution in [3.05, 3.63) is 85.8 Å². The third-order valence-corrected chi connectivity index (χ3v) is 4.34. The van der Waals surface area contributed by atoms with Gasteiger partial charge in [-0.25, -0.2) is 9.98 Å². The lowest BCUT2D eigenvalue weighted by molar-refractivity contribution is 0.413. The second kappa shape index (κ2) is 6.65. The molecule has 27 heavy (non-hydrogen) atoms. The van der Waals surface area contributed by atoms with Crippen LogP contribution < -0.4 is 21.0 Å². The number of fused-ring (bicyclic) bond motifs is 1. The molecule has 2 aromatic carbocycles. The molecule has 0 aliphatic carbocycles. The van der Waals surface area contributed by atoms with Crippen molar-refractivity contribution >= 4 is 18.3 Å². The van der Waals surface area contributed by atoms with E-state index in [1.807, 2.05) is 24.3 Å². The third kappa shape index (κ3) is 3.06. The molecule has 0 atom stereocenters. The van der Waals surface area contributed by atoms with Crippen LogP contribution in [0.2, 0.25) is 0 Å². The van der Waals surface area contributed by atoms with Crippen LogP contribution in [0.15, 0.2) is 69.1 Å². The molecule has 1 aliphatic rings. The number of benzene rings is 2. The highest BCUT2D eigenvalue weighted by Crippen LogP contribution is 2.24. The van der Waals surface area contributed by atoms with Gasteiger partial charge in [-0.2, -0.15) is 0 Å². The van der Waals surface area contributed by atoms with E-state index < -0.39 is 5.56 Å². The summed E-state index contributed by atoms with van der Waals surface area (Å²) < 4.78 is 6.63. The molecular weight excluding hydrogens is 364 g/mol. The number of nitrogens with zero attached hydrogens (tertiary/aromatic N) is 3. The Kier molecular flexibility index (Phi) is 4.17. The standard InChI is InChI=1S/C19H14N4O3S/c1-26-12-6-4-5-11(9-12)23-18(25)13(17(24)22-19(23)27)10-16-20-14-7-2-3-8-15(14)21-16/h2-10,25H,1H3,(H,22,24,27). The molecule has 1 aliphatic heterocycles. The van der Waals surface area contributed by atoms with Gasteiger partial charge in [0.05, 0.1) is 23.5 Å². The van der Waals surface area contributed by atoms with Crippen molar-refractivity contribution in [1.82, 2.24) is 9.55 Å². The van der Waals surface area contributed by atoms with Crippen molar-refractivity contribution in [2.45, 2.75) is 0 Å². The summed E-state index contributed by atoms with van der Waals surface area (Å²) >= 11 is 5.23. The van der Waals surface area contributed by atoms with Crippen LogP contribution in [-0.4, -0.2) is 21.8 Å². The van der Waals surface area contributed by atoms with Crippen LogP contribution in [0.5, 0.6) is 11.6 Å². The zero-order valence-electron chi connectivity index (χ0n) is 14.2. The average molecular weight is 378 g/mol. The van der Waals surface area contributed by atoms with Gasteiger partial charge in [-0.1, -0.05) is 18.2 Å². The number of H-pyrrole nitrogens is 1. The predicted octanol–water partition coefficient (Wildman–Crippen LogP) is 1.86. The zero-order chi connectivity index (χ0) is 19.0. The first kappa shape index (κ1) is 16.9. The molecule has 134 valence electrons. The van der Waals surface area contributed by atoms with Crippen LogP contribution in [0, 0.1) is 4.77 Å². The minimum Gasteiger partial charge on any atom is -0.497 e. The normalized spacial score (nSPS) is 12.1. The van der Waals surface area contributed by atoms with E-state index in [2.05, 4.69) is 15.0 Å². The fraction of sp³-hybridized carbons (Fsp3) is 0.0526. The Hall–Kier alpha value is -3.52. The van der Waals surface area contributed by atoms with E-state index in [4.69, 9.17) is 17.0 Å². The maximum absolute atomic E-state index is 12.4. The van der Waals surface area contributed by atoms with E-state index in [1.54, 1.807) is 31.4 Å². The Balaban J connectivity index is 1.91. The number of hydrogen-bond acceptors (Lipinski definition) is 6. The fourth-order valence-electron chi connectivity index (χ4n) is 2.78. The number of aromatic hydroxyl groups is 1. The van der Waals surface area contributed by atoms with Crippen molar-refractivity contribution in [2.75, 3.05) is 7.11 Å². The van der Waals surface area contributed by atoms with Gasteiger partial charge in [0.2, 0.25) is 5.88 Å². The van der Waals surface area contributed by atoms with Crippen molar-refractivity contribution < 1.29 is 9.84 Å². The van der Waals surface area contributed by atoms with Crippen molar-refractivity contribution in [3.8, 4) is 17.3 Å². The Morgan fingerprint density at radius 1 is 1.15 bits per heavy atom. The number of aromatic amines is 1. The molecule has 8 heteroatoms. The lowest BCUT2D eigenvalue weighted by Gasteiger charge is -2.12. The van der Waals surface area contributed by atoms with E-state index >= 15 is 0 Å². The minimum absolute atomic E-state index is 0.0155. The monoisotopic (exact) mass is 378 g/mol. The summed E-state index contributed by atoms with van der Waals surface area (Å²) in [7, 11) is 1.54. The number of rotatable bonds is 3. The van der Waals surface area contributed by atoms with Gasteiger partial charge in [0.25, 0.3) is 5.56 Å². The first-order valence-electron chi connectivity index (χ1n) is 8.04. The van der Waals surface area contributed by atoms with Crippen molar-refractivity contribution in [3.63, 3.8) is 0 Å². The molecule has 0 radical (unpaired) electrons. The summed E-state index contributed by atoms with van der Waals surface area (Å²) in [5.41, 5.74) is 0.0450. The molecule has 7 nitrogen and oxygen atoms in total. The number of methoxy groups -OCH3 is 1. The summed E-state index contributed by atoms with van der Waals surface area (Å²) in [5, 5.41) is 12.2. The number of para-hydroxylation sites is 2. The molecule has 1 aromatic heterocycles. The molecule has 0 fully saturated rings. The third-order valence-electron chi connectivity index (χ3n) is 4.06. The second-order valence-corrected chi connectivity index (χ2v) is 6.14. The highest BCUT2D eigenvalue weighted by Gasteiger charge is 2.14. The summed E-state index contributed by atoms with van der Waals surface area (Å²) in [6.07, 6.45) is 1.43. The summed E-state index contributed by atoms with van der Waals surface area (Å²) in [6, 6.07) is 14.3. The van der Waals surface area contributed by atoms with Gasteiger partial charge in [-0.3, -0.25) is 14.3 Å². The Labute approximate surface area is 158 Å². The smallest absolute Gasteiger partial charge is 0.262 e. The molecule has 0 saturated carbocycles. The number of aromatic nitrogens is 2. The maximum Gasteiger partial charge on any atom is 0.262 e. The molecule has 0 spiro atoms. The summed E-state index contributed by atoms with van der Waals surface area (Å²) in [6.45, 7) is 0. The summed E-state index contributed by atoms with van der Waals surface area (Å²) in [4.78, 5) is 23.7. The topological polar surface area (TPSA) is 92.0 Å². The number of ether oxygens (including phenoxy) is 1. The van der Waals surface area contributed by atoms with E-state index in [-0.39, 0.29) is 16.2 Å². The van der Waals surface area contributed by atoms with E-state index in [0.717, 1.165) is 0 Å². The quantitative estimate of drug-likeness (QED) is 0.681. The van der Waals surface area contributed by atoms with Crippen LogP contribution in [0.25, 0.3) is 11.8 Å². The Bertz CT molecular complexity index is 1280. The van der Waals surface area contributed by atoms with Crippen LogP contribution >= 0.6 is 12.2 Å². The first-order chi connectivity index (χ1) is 13.1. The number of nitrogens with one attached hydrogen (secondary N) is 1. The first-order valence-corrected chi connectivity index (χ1v) is 8.44. The maximum atomic E-state index is 12.4. The fourth-order valence-corrected chi connectivity index (χ4v) is 3.06. The van der Waals surface area contributed by atoms with Crippen molar-refractivity contribution in [1.29, 1.82) is 0 Å². The lowest BCUT2D eigenvalue weighted by Crippen LogP contribution is -2.19. The molecule has 3 aromatic rings. The van der Waals surface area contributed by atoms with Crippen molar-refractivity contribution in [2.24, 2.45) is 9.98 Å². The Morgan fingerprint density at radius 3 is 2.52 bits per heavy atom. The average Bonchev–Trinajstić information content (AvgIpc) is 3.08. The SMILES string of the molecule is COc1cccc(-n2c(O)c(C=C3N=c4ccccc4=N3)c(=O)[nH]c2=S)c1. The molecule has 2 N–H and O–H groups in total. The highest BCUT2D eigenvalue weighted by atomic mass is 32.1.